The van der Waals surface area contributed by atoms with Crippen molar-refractivity contribution in [3.05, 3.63) is 6.20 Å². The monoisotopic (exact) mass is 250 g/mol. The number of aromatic nitrogens is 4. The van der Waals surface area contributed by atoms with Crippen LogP contribution in [-0.4, -0.2) is 57.7 Å². The number of H-pyrrole nitrogens is 1. The largest absolute Gasteiger partial charge is 0.394 e. The van der Waals surface area contributed by atoms with E-state index in [0.29, 0.717) is 25.3 Å². The average molecular weight is 250 g/mol. The van der Waals surface area contributed by atoms with Crippen LogP contribution in [0.15, 0.2) is 6.20 Å². The first-order valence-electron chi connectivity index (χ1n) is 5.72. The van der Waals surface area contributed by atoms with E-state index in [1.807, 2.05) is 4.90 Å². The van der Waals surface area contributed by atoms with Crippen molar-refractivity contribution in [1.29, 1.82) is 0 Å². The van der Waals surface area contributed by atoms with Crippen LogP contribution in [0.5, 0.6) is 0 Å². The van der Waals surface area contributed by atoms with Crippen LogP contribution in [0, 0.1) is 0 Å². The van der Waals surface area contributed by atoms with Crippen molar-refractivity contribution in [2.24, 2.45) is 0 Å². The summed E-state index contributed by atoms with van der Waals surface area (Å²) in [5.74, 6) is 0.932. The molecule has 4 N–H and O–H groups in total. The molecule has 0 radical (unpaired) electrons. The lowest BCUT2D eigenvalue weighted by molar-refractivity contribution is 0.00344. The fraction of sp³-hybridized carbons (Fsp3) is 0.500. The summed E-state index contributed by atoms with van der Waals surface area (Å²) in [5, 5.41) is 16.7. The summed E-state index contributed by atoms with van der Waals surface area (Å²) in [6.07, 6.45) is 1.48. The third-order valence-electron chi connectivity index (χ3n) is 2.95. The van der Waals surface area contributed by atoms with Gasteiger partial charge in [-0.1, -0.05) is 0 Å². The van der Waals surface area contributed by atoms with Crippen molar-refractivity contribution in [3.8, 4) is 0 Å². The van der Waals surface area contributed by atoms with Crippen LogP contribution < -0.4 is 10.6 Å². The number of ether oxygens (including phenoxy) is 1. The molecule has 0 amide bonds. The van der Waals surface area contributed by atoms with Gasteiger partial charge in [-0.2, -0.15) is 15.1 Å². The fourth-order valence-corrected chi connectivity index (χ4v) is 2.10. The molecule has 8 heteroatoms. The lowest BCUT2D eigenvalue weighted by Crippen LogP contribution is -2.44. The van der Waals surface area contributed by atoms with Crippen LogP contribution in [0.1, 0.15) is 0 Å². The van der Waals surface area contributed by atoms with Crippen LogP contribution >= 0.6 is 0 Å². The fourth-order valence-electron chi connectivity index (χ4n) is 2.10. The van der Waals surface area contributed by atoms with E-state index >= 15 is 0 Å². The molecule has 0 aromatic carbocycles. The van der Waals surface area contributed by atoms with Crippen LogP contribution in [0.2, 0.25) is 0 Å². The average Bonchev–Trinajstić information content (AvgIpc) is 2.85. The lowest BCUT2D eigenvalue weighted by Gasteiger charge is -2.33. The summed E-state index contributed by atoms with van der Waals surface area (Å²) in [4.78, 5) is 10.4. The van der Waals surface area contributed by atoms with E-state index in [0.717, 1.165) is 11.2 Å². The minimum Gasteiger partial charge on any atom is -0.394 e. The van der Waals surface area contributed by atoms with Crippen LogP contribution in [0.3, 0.4) is 0 Å². The third-order valence-corrected chi connectivity index (χ3v) is 2.95. The molecule has 1 fully saturated rings. The number of nitrogens with one attached hydrogen (secondary N) is 1. The first-order chi connectivity index (χ1) is 8.78. The first kappa shape index (κ1) is 11.2. The van der Waals surface area contributed by atoms with Gasteiger partial charge in [-0.15, -0.1) is 0 Å². The molecule has 3 rings (SSSR count). The Morgan fingerprint density at radius 3 is 3.28 bits per heavy atom. The standard InChI is InChI=1S/C10H14N6O2/c11-10-13-8-7(3-12-15-8)9(14-10)16-1-2-18-6(4-16)5-17/h3,6,17H,1-2,4-5H2,(H3,11,12,13,14,15). The zero-order valence-corrected chi connectivity index (χ0v) is 9.70. The molecule has 0 saturated carbocycles. The van der Waals surface area contributed by atoms with Crippen LogP contribution in [-0.2, 0) is 4.74 Å². The van der Waals surface area contributed by atoms with Crippen molar-refractivity contribution in [3.63, 3.8) is 0 Å². The number of hydrogen-bond donors (Lipinski definition) is 3. The first-order valence-corrected chi connectivity index (χ1v) is 5.72. The Labute approximate surface area is 103 Å². The van der Waals surface area contributed by atoms with E-state index in [2.05, 4.69) is 20.2 Å². The van der Waals surface area contributed by atoms with E-state index in [1.54, 1.807) is 6.20 Å². The highest BCUT2D eigenvalue weighted by Gasteiger charge is 2.23. The summed E-state index contributed by atoms with van der Waals surface area (Å²) < 4.78 is 5.41. The predicted octanol–water partition coefficient (Wildman–Crippen LogP) is -0.867. The highest BCUT2D eigenvalue weighted by Crippen LogP contribution is 2.24. The van der Waals surface area contributed by atoms with Crippen molar-refractivity contribution >= 4 is 22.8 Å². The zero-order valence-electron chi connectivity index (χ0n) is 9.70. The van der Waals surface area contributed by atoms with Gasteiger partial charge in [0.05, 0.1) is 30.9 Å². The number of nitrogen functional groups attached to an aromatic ring is 1. The van der Waals surface area contributed by atoms with Gasteiger partial charge in [0, 0.05) is 13.1 Å². The van der Waals surface area contributed by atoms with Gasteiger partial charge in [-0.3, -0.25) is 5.10 Å². The topological polar surface area (TPSA) is 113 Å². The summed E-state index contributed by atoms with van der Waals surface area (Å²) in [5.41, 5.74) is 6.30. The highest BCUT2D eigenvalue weighted by molar-refractivity contribution is 5.87. The Morgan fingerprint density at radius 1 is 1.56 bits per heavy atom. The highest BCUT2D eigenvalue weighted by atomic mass is 16.5. The molecule has 2 aromatic rings. The van der Waals surface area contributed by atoms with Crippen LogP contribution in [0.4, 0.5) is 11.8 Å². The number of hydrogen-bond acceptors (Lipinski definition) is 7. The molecule has 1 aliphatic heterocycles. The maximum absolute atomic E-state index is 9.16. The second-order valence-corrected chi connectivity index (χ2v) is 4.16. The van der Waals surface area contributed by atoms with Crippen molar-refractivity contribution in [1.82, 2.24) is 20.2 Å². The van der Waals surface area contributed by atoms with Gasteiger partial charge in [0.15, 0.2) is 5.65 Å². The number of aliphatic hydroxyl groups excluding tert-OH is 1. The van der Waals surface area contributed by atoms with Gasteiger partial charge in [-0.25, -0.2) is 0 Å². The van der Waals surface area contributed by atoms with Crippen molar-refractivity contribution < 1.29 is 9.84 Å². The molecule has 1 saturated heterocycles. The third kappa shape index (κ3) is 1.85. The number of nitrogens with two attached hydrogens (primary N) is 1. The maximum Gasteiger partial charge on any atom is 0.224 e. The molecule has 0 spiro atoms. The maximum atomic E-state index is 9.16. The normalized spacial score (nSPS) is 20.5. The molecule has 8 nitrogen and oxygen atoms in total. The molecule has 1 atom stereocenters. The Balaban J connectivity index is 2.00. The number of aromatic amines is 1. The van der Waals surface area contributed by atoms with Gasteiger partial charge in [0.25, 0.3) is 0 Å². The second-order valence-electron chi connectivity index (χ2n) is 4.16. The Hall–Kier alpha value is -1.93. The minimum atomic E-state index is -0.197. The Bertz CT molecular complexity index is 556. The number of nitrogens with zero attached hydrogens (tertiary/aromatic N) is 4. The zero-order chi connectivity index (χ0) is 12.5. The molecule has 1 aliphatic rings. The van der Waals surface area contributed by atoms with Crippen molar-refractivity contribution in [2.45, 2.75) is 6.10 Å². The SMILES string of the molecule is Nc1nc(N2CCOC(CO)C2)c2cn[nH]c2n1. The smallest absolute Gasteiger partial charge is 0.224 e. The lowest BCUT2D eigenvalue weighted by atomic mass is 10.2. The van der Waals surface area contributed by atoms with E-state index in [1.165, 1.54) is 0 Å². The second kappa shape index (κ2) is 4.39. The van der Waals surface area contributed by atoms with Gasteiger partial charge < -0.3 is 20.5 Å². The van der Waals surface area contributed by atoms with E-state index in [4.69, 9.17) is 15.6 Å². The number of fused-ring (bicyclic) bond motifs is 1. The molecule has 96 valence electrons. The quantitative estimate of drug-likeness (QED) is 0.635. The van der Waals surface area contributed by atoms with E-state index < -0.39 is 0 Å². The number of rotatable bonds is 2. The number of aliphatic hydroxyl groups is 1. The van der Waals surface area contributed by atoms with E-state index in [-0.39, 0.29) is 18.7 Å². The molecule has 0 aliphatic carbocycles. The van der Waals surface area contributed by atoms with Crippen LogP contribution in [0.25, 0.3) is 11.0 Å². The summed E-state index contributed by atoms with van der Waals surface area (Å²) in [6, 6.07) is 0. The van der Waals surface area contributed by atoms with E-state index in [9.17, 15) is 0 Å². The Morgan fingerprint density at radius 2 is 2.44 bits per heavy atom. The summed E-state index contributed by atoms with van der Waals surface area (Å²) >= 11 is 0. The van der Waals surface area contributed by atoms with Gasteiger partial charge in [-0.05, 0) is 0 Å². The molecule has 3 heterocycles. The predicted molar refractivity (Wildman–Crippen MR) is 65.1 cm³/mol. The van der Waals surface area contributed by atoms with Crippen molar-refractivity contribution in [2.75, 3.05) is 36.9 Å². The molecule has 2 aromatic heterocycles. The molecular formula is C10H14N6O2. The molecule has 18 heavy (non-hydrogen) atoms. The van der Waals surface area contributed by atoms with Gasteiger partial charge >= 0.3 is 0 Å². The molecular weight excluding hydrogens is 236 g/mol. The summed E-state index contributed by atoms with van der Waals surface area (Å²) in [7, 11) is 0. The minimum absolute atomic E-state index is 0.00834. The summed E-state index contributed by atoms with van der Waals surface area (Å²) in [6.45, 7) is 1.82. The Kier molecular flexibility index (Phi) is 2.73. The van der Waals surface area contributed by atoms with Gasteiger partial charge in [0.2, 0.25) is 5.95 Å². The molecule has 1 unspecified atom stereocenters. The molecule has 0 bridgehead atoms. The van der Waals surface area contributed by atoms with Gasteiger partial charge in [0.1, 0.15) is 5.82 Å². The number of anilines is 2. The number of morpholine rings is 1.